The number of hydroxylamine groups is 1. The summed E-state index contributed by atoms with van der Waals surface area (Å²) in [4.78, 5) is 12.6. The fraction of sp³-hybridized carbons (Fsp3) is 0.235. The average Bonchev–Trinajstić information content (AvgIpc) is 2.59. The van der Waals surface area contributed by atoms with Gasteiger partial charge in [-0.2, -0.15) is 0 Å². The van der Waals surface area contributed by atoms with Gasteiger partial charge >= 0.3 is 0 Å². The summed E-state index contributed by atoms with van der Waals surface area (Å²) in [7, 11) is -3.69. The van der Waals surface area contributed by atoms with Gasteiger partial charge in [0.2, 0.25) is 0 Å². The molecule has 0 saturated heterocycles. The molecule has 0 aliphatic rings. The molecule has 1 atom stereocenters. The Balaban J connectivity index is 2.15. The van der Waals surface area contributed by atoms with E-state index < -0.39 is 20.5 Å². The van der Waals surface area contributed by atoms with E-state index in [1.807, 2.05) is 54.6 Å². The van der Waals surface area contributed by atoms with Crippen LogP contribution in [0.5, 0.6) is 0 Å². The number of carbonyl (C=O) groups excluding carboxylic acids is 1. The third-order valence-corrected chi connectivity index (χ3v) is 7.35. The highest BCUT2D eigenvalue weighted by molar-refractivity contribution is 8.01. The summed E-state index contributed by atoms with van der Waals surface area (Å²) in [5.74, 6) is -0.929. The number of nitrogens with one attached hydrogen (secondary N) is 1. The van der Waals surface area contributed by atoms with Crippen molar-refractivity contribution >= 4 is 27.5 Å². The number of benzene rings is 2. The van der Waals surface area contributed by atoms with Crippen molar-refractivity contribution in [2.24, 2.45) is 0 Å². The third-order valence-electron chi connectivity index (χ3n) is 3.88. The first-order valence-corrected chi connectivity index (χ1v) is 10.1. The lowest BCUT2D eigenvalue weighted by molar-refractivity contribution is -0.130. The van der Waals surface area contributed by atoms with Crippen molar-refractivity contribution in [1.29, 1.82) is 0 Å². The van der Waals surface area contributed by atoms with Crippen LogP contribution >= 0.6 is 11.8 Å². The quantitative estimate of drug-likeness (QED) is 0.467. The van der Waals surface area contributed by atoms with Gasteiger partial charge in [0.05, 0.1) is 0 Å². The molecule has 1 unspecified atom stereocenters. The molecule has 0 fully saturated rings. The van der Waals surface area contributed by atoms with Gasteiger partial charge in [0, 0.05) is 16.9 Å². The zero-order valence-corrected chi connectivity index (χ0v) is 15.0. The third kappa shape index (κ3) is 3.98. The summed E-state index contributed by atoms with van der Waals surface area (Å²) < 4.78 is 22.2. The Bertz CT molecular complexity index is 804. The first-order valence-electron chi connectivity index (χ1n) is 7.20. The fourth-order valence-electron chi connectivity index (χ4n) is 2.05. The molecule has 2 N–H and O–H groups in total. The van der Waals surface area contributed by atoms with Crippen molar-refractivity contribution in [3.8, 4) is 11.1 Å². The Morgan fingerprint density at radius 1 is 1.08 bits per heavy atom. The van der Waals surface area contributed by atoms with Gasteiger partial charge in [-0.1, -0.05) is 42.5 Å². The van der Waals surface area contributed by atoms with E-state index in [9.17, 15) is 13.2 Å². The van der Waals surface area contributed by atoms with Gasteiger partial charge < -0.3 is 0 Å². The van der Waals surface area contributed by atoms with Gasteiger partial charge in [-0.3, -0.25) is 10.0 Å². The Kier molecular flexibility index (Phi) is 5.69. The lowest BCUT2D eigenvalue weighted by Gasteiger charge is -2.24. The molecule has 0 aromatic heterocycles. The zero-order chi connectivity index (χ0) is 17.8. The molecule has 0 aliphatic carbocycles. The number of sulfone groups is 1. The minimum Gasteiger partial charge on any atom is -0.289 e. The number of thioether (sulfide) groups is 1. The molecule has 0 spiro atoms. The Labute approximate surface area is 146 Å². The Hall–Kier alpha value is -1.83. The van der Waals surface area contributed by atoms with Crippen LogP contribution in [0.15, 0.2) is 59.5 Å². The van der Waals surface area contributed by atoms with Crippen LogP contribution in [0, 0.1) is 0 Å². The lowest BCUT2D eigenvalue weighted by atomic mass is 10.1. The monoisotopic (exact) mass is 365 g/mol. The summed E-state index contributed by atoms with van der Waals surface area (Å²) in [5, 5.41) is 8.82. The number of hydrogen-bond donors (Lipinski definition) is 2. The normalized spacial score (nSPS) is 14.0. The van der Waals surface area contributed by atoms with E-state index in [4.69, 9.17) is 5.21 Å². The van der Waals surface area contributed by atoms with Crippen LogP contribution in [0.1, 0.15) is 6.92 Å². The van der Waals surface area contributed by atoms with Crippen molar-refractivity contribution < 1.29 is 18.4 Å². The average molecular weight is 365 g/mol. The number of hydrogen-bond acceptors (Lipinski definition) is 5. The van der Waals surface area contributed by atoms with Crippen LogP contribution < -0.4 is 5.48 Å². The highest BCUT2D eigenvalue weighted by Gasteiger charge is 2.43. The van der Waals surface area contributed by atoms with Crippen molar-refractivity contribution in [2.75, 3.05) is 12.0 Å². The molecular weight excluding hydrogens is 346 g/mol. The Morgan fingerprint density at radius 3 is 2.12 bits per heavy atom. The van der Waals surface area contributed by atoms with Crippen LogP contribution in [-0.4, -0.2) is 36.3 Å². The van der Waals surface area contributed by atoms with Gasteiger partial charge in [0.1, 0.15) is 0 Å². The molecule has 0 radical (unpaired) electrons. The molecular formula is C17H19NO4S2. The topological polar surface area (TPSA) is 83.5 Å². The molecule has 0 saturated carbocycles. The van der Waals surface area contributed by atoms with Crippen molar-refractivity contribution in [2.45, 2.75) is 16.6 Å². The second-order valence-electron chi connectivity index (χ2n) is 5.62. The largest absolute Gasteiger partial charge is 0.289 e. The maximum absolute atomic E-state index is 11.9. The highest BCUT2D eigenvalue weighted by Crippen LogP contribution is 2.29. The van der Waals surface area contributed by atoms with Crippen LogP contribution in [-0.2, 0) is 14.6 Å². The van der Waals surface area contributed by atoms with E-state index in [2.05, 4.69) is 0 Å². The summed E-state index contributed by atoms with van der Waals surface area (Å²) in [6.07, 6.45) is 0.987. The van der Waals surface area contributed by atoms with Crippen LogP contribution in [0.25, 0.3) is 11.1 Å². The molecule has 0 heterocycles. The maximum Gasteiger partial charge on any atom is 0.265 e. The molecule has 7 heteroatoms. The molecule has 128 valence electrons. The van der Waals surface area contributed by atoms with Gasteiger partial charge in [0.25, 0.3) is 5.91 Å². The smallest absolute Gasteiger partial charge is 0.265 e. The van der Waals surface area contributed by atoms with E-state index >= 15 is 0 Å². The maximum atomic E-state index is 11.9. The number of carbonyl (C=O) groups is 1. The van der Waals surface area contributed by atoms with Gasteiger partial charge in [-0.15, -0.1) is 11.8 Å². The number of rotatable bonds is 6. The minimum atomic E-state index is -3.69. The highest BCUT2D eigenvalue weighted by atomic mass is 32.2. The van der Waals surface area contributed by atoms with Crippen LogP contribution in [0.3, 0.4) is 0 Å². The molecule has 0 bridgehead atoms. The second kappa shape index (κ2) is 7.38. The predicted molar refractivity (Wildman–Crippen MR) is 95.8 cm³/mol. The van der Waals surface area contributed by atoms with E-state index in [0.29, 0.717) is 0 Å². The van der Waals surface area contributed by atoms with Crippen LogP contribution in [0.2, 0.25) is 0 Å². The molecule has 5 nitrogen and oxygen atoms in total. The van der Waals surface area contributed by atoms with Crippen molar-refractivity contribution in [3.05, 3.63) is 54.6 Å². The molecule has 2 aromatic rings. The van der Waals surface area contributed by atoms with Gasteiger partial charge in [-0.05, 0) is 30.2 Å². The number of amides is 1. The lowest BCUT2D eigenvalue weighted by Crippen LogP contribution is -2.51. The minimum absolute atomic E-state index is 0.00289. The molecule has 24 heavy (non-hydrogen) atoms. The summed E-state index contributed by atoms with van der Waals surface area (Å²) in [5.41, 5.74) is 3.59. The standard InChI is InChI=1S/C17H19NO4S2/c1-17(16(19)18-20,24(2,21)22)12-23-15-10-8-14(9-11-15)13-6-4-3-5-7-13/h3-11,20H,12H2,1-2H3,(H,18,19). The summed E-state index contributed by atoms with van der Waals surface area (Å²) >= 11 is 1.25. The summed E-state index contributed by atoms with van der Waals surface area (Å²) in [6, 6.07) is 17.5. The van der Waals surface area contributed by atoms with E-state index in [1.54, 1.807) is 0 Å². The predicted octanol–water partition coefficient (Wildman–Crippen LogP) is 2.75. The summed E-state index contributed by atoms with van der Waals surface area (Å²) in [6.45, 7) is 1.30. The molecule has 0 aliphatic heterocycles. The van der Waals surface area contributed by atoms with Gasteiger partial charge in [0.15, 0.2) is 14.6 Å². The molecule has 1 amide bonds. The zero-order valence-electron chi connectivity index (χ0n) is 13.4. The van der Waals surface area contributed by atoms with Gasteiger partial charge in [-0.25, -0.2) is 13.9 Å². The SMILES string of the molecule is CC(CSc1ccc(-c2ccccc2)cc1)(C(=O)NO)S(C)(=O)=O. The Morgan fingerprint density at radius 2 is 1.62 bits per heavy atom. The van der Waals surface area contributed by atoms with Crippen molar-refractivity contribution in [1.82, 2.24) is 5.48 Å². The fourth-order valence-corrected chi connectivity index (χ4v) is 4.37. The van der Waals surface area contributed by atoms with Crippen LogP contribution in [0.4, 0.5) is 0 Å². The first-order chi connectivity index (χ1) is 11.3. The van der Waals surface area contributed by atoms with E-state index in [0.717, 1.165) is 22.3 Å². The van der Waals surface area contributed by atoms with Crippen molar-refractivity contribution in [3.63, 3.8) is 0 Å². The van der Waals surface area contributed by atoms with E-state index in [-0.39, 0.29) is 5.75 Å². The second-order valence-corrected chi connectivity index (χ2v) is 9.12. The molecule has 2 rings (SSSR count). The first kappa shape index (κ1) is 18.5. The molecule has 2 aromatic carbocycles. The van der Waals surface area contributed by atoms with E-state index in [1.165, 1.54) is 24.2 Å².